The zero-order chi connectivity index (χ0) is 21.5. The molecule has 30 heavy (non-hydrogen) atoms. The fourth-order valence-corrected chi connectivity index (χ4v) is 3.41. The maximum Gasteiger partial charge on any atom is 0.234 e. The van der Waals surface area contributed by atoms with Crippen molar-refractivity contribution in [2.24, 2.45) is 0 Å². The molecular formula is C21H20F2N4O2S. The molecule has 0 bridgehead atoms. The first kappa shape index (κ1) is 21.5. The van der Waals surface area contributed by atoms with E-state index in [4.69, 9.17) is 4.74 Å². The fourth-order valence-electron chi connectivity index (χ4n) is 2.66. The van der Waals surface area contributed by atoms with E-state index in [1.165, 1.54) is 48.2 Å². The molecule has 0 fully saturated rings. The Kier molecular flexibility index (Phi) is 7.18. The summed E-state index contributed by atoms with van der Waals surface area (Å²) in [5.41, 5.74) is 0.123. The maximum atomic E-state index is 13.7. The van der Waals surface area contributed by atoms with Crippen molar-refractivity contribution in [3.8, 4) is 5.75 Å². The second-order valence-corrected chi connectivity index (χ2v) is 7.21. The Hall–Kier alpha value is -3.20. The Labute approximate surface area is 177 Å². The summed E-state index contributed by atoms with van der Waals surface area (Å²) in [4.78, 5) is 12.2. The fraction of sp³-hybridized carbons (Fsp3) is 0.190. The standard InChI is InChI=1S/C21H20F2N4O2S/c1-3-12-27-20(14(2)29-16-10-8-15(22)9-11-16)25-26-21(27)30-13-19(28)24-18-7-5-4-6-17(18)23/h3-11,14H,1,12-13H2,2H3,(H,24,28). The Morgan fingerprint density at radius 2 is 1.97 bits per heavy atom. The molecule has 2 aromatic carbocycles. The van der Waals surface area contributed by atoms with Gasteiger partial charge in [-0.1, -0.05) is 30.0 Å². The highest BCUT2D eigenvalue weighted by Crippen LogP contribution is 2.25. The van der Waals surface area contributed by atoms with Crippen LogP contribution in [0.5, 0.6) is 5.75 Å². The number of para-hydroxylation sites is 1. The van der Waals surface area contributed by atoms with Gasteiger partial charge in [-0.15, -0.1) is 16.8 Å². The zero-order valence-corrected chi connectivity index (χ0v) is 17.0. The molecule has 0 radical (unpaired) electrons. The van der Waals surface area contributed by atoms with Crippen molar-refractivity contribution >= 4 is 23.4 Å². The number of benzene rings is 2. The van der Waals surface area contributed by atoms with Gasteiger partial charge in [-0.2, -0.15) is 0 Å². The monoisotopic (exact) mass is 430 g/mol. The number of halogens is 2. The summed E-state index contributed by atoms with van der Waals surface area (Å²) in [7, 11) is 0. The lowest BCUT2D eigenvalue weighted by Gasteiger charge is -2.15. The van der Waals surface area contributed by atoms with Gasteiger partial charge in [-0.05, 0) is 43.3 Å². The van der Waals surface area contributed by atoms with Crippen molar-refractivity contribution in [2.75, 3.05) is 11.1 Å². The van der Waals surface area contributed by atoms with Crippen molar-refractivity contribution in [1.82, 2.24) is 14.8 Å². The number of hydrogen-bond donors (Lipinski definition) is 1. The number of nitrogens with zero attached hydrogens (tertiary/aromatic N) is 3. The third-order valence-corrected chi connectivity index (χ3v) is 4.99. The van der Waals surface area contributed by atoms with Crippen LogP contribution in [0.25, 0.3) is 0 Å². The normalized spacial score (nSPS) is 11.7. The Bertz CT molecular complexity index is 1020. The van der Waals surface area contributed by atoms with E-state index < -0.39 is 11.9 Å². The average Bonchev–Trinajstić information content (AvgIpc) is 3.13. The number of hydrogen-bond acceptors (Lipinski definition) is 5. The van der Waals surface area contributed by atoms with E-state index in [0.717, 1.165) is 0 Å². The summed E-state index contributed by atoms with van der Waals surface area (Å²) in [5, 5.41) is 11.4. The molecule has 3 rings (SSSR count). The topological polar surface area (TPSA) is 69.0 Å². The van der Waals surface area contributed by atoms with Gasteiger partial charge in [0.25, 0.3) is 0 Å². The minimum atomic E-state index is -0.500. The Morgan fingerprint density at radius 3 is 2.67 bits per heavy atom. The molecule has 1 atom stereocenters. The number of carbonyl (C=O) groups is 1. The third-order valence-electron chi connectivity index (χ3n) is 4.03. The van der Waals surface area contributed by atoms with Gasteiger partial charge in [0.2, 0.25) is 5.91 Å². The summed E-state index contributed by atoms with van der Waals surface area (Å²) in [6.07, 6.45) is 1.21. The molecule has 3 aromatic rings. The number of thioether (sulfide) groups is 1. The SMILES string of the molecule is C=CCn1c(SCC(=O)Nc2ccccc2F)nnc1C(C)Oc1ccc(F)cc1. The second kappa shape index (κ2) is 10.0. The van der Waals surface area contributed by atoms with Gasteiger partial charge in [0.05, 0.1) is 11.4 Å². The quantitative estimate of drug-likeness (QED) is 0.397. The van der Waals surface area contributed by atoms with Crippen molar-refractivity contribution in [1.29, 1.82) is 0 Å². The molecule has 0 saturated carbocycles. The number of aromatic nitrogens is 3. The van der Waals surface area contributed by atoms with Crippen molar-refractivity contribution < 1.29 is 18.3 Å². The van der Waals surface area contributed by atoms with Gasteiger partial charge < -0.3 is 10.1 Å². The molecule has 1 aromatic heterocycles. The van der Waals surface area contributed by atoms with Crippen LogP contribution in [-0.2, 0) is 11.3 Å². The molecule has 156 valence electrons. The maximum absolute atomic E-state index is 13.7. The lowest BCUT2D eigenvalue weighted by molar-refractivity contribution is -0.113. The van der Waals surface area contributed by atoms with Crippen LogP contribution in [0.3, 0.4) is 0 Å². The van der Waals surface area contributed by atoms with Gasteiger partial charge >= 0.3 is 0 Å². The molecule has 0 aliphatic carbocycles. The van der Waals surface area contributed by atoms with E-state index >= 15 is 0 Å². The number of carbonyl (C=O) groups excluding carboxylic acids is 1. The van der Waals surface area contributed by atoms with Gasteiger partial charge in [-0.3, -0.25) is 9.36 Å². The molecule has 0 aliphatic rings. The molecule has 1 unspecified atom stereocenters. The first-order valence-corrected chi connectivity index (χ1v) is 10.1. The summed E-state index contributed by atoms with van der Waals surface area (Å²) in [6.45, 7) is 5.95. The van der Waals surface area contributed by atoms with Gasteiger partial charge in [0.15, 0.2) is 17.1 Å². The highest BCUT2D eigenvalue weighted by molar-refractivity contribution is 7.99. The molecular weight excluding hydrogens is 410 g/mol. The van der Waals surface area contributed by atoms with Crippen LogP contribution in [0, 0.1) is 11.6 Å². The number of anilines is 1. The van der Waals surface area contributed by atoms with Crippen LogP contribution < -0.4 is 10.1 Å². The lowest BCUT2D eigenvalue weighted by atomic mass is 10.3. The van der Waals surface area contributed by atoms with Crippen LogP contribution in [0.15, 0.2) is 66.3 Å². The predicted molar refractivity (Wildman–Crippen MR) is 111 cm³/mol. The summed E-state index contributed by atoms with van der Waals surface area (Å²) >= 11 is 1.17. The Balaban J connectivity index is 1.67. The number of nitrogens with one attached hydrogen (secondary N) is 1. The summed E-state index contributed by atoms with van der Waals surface area (Å²) < 4.78 is 34.4. The van der Waals surface area contributed by atoms with Crippen LogP contribution in [0.2, 0.25) is 0 Å². The van der Waals surface area contributed by atoms with Gasteiger partial charge in [0.1, 0.15) is 17.4 Å². The molecule has 9 heteroatoms. The highest BCUT2D eigenvalue weighted by atomic mass is 32.2. The van der Waals surface area contributed by atoms with Crippen LogP contribution >= 0.6 is 11.8 Å². The zero-order valence-electron chi connectivity index (χ0n) is 16.2. The molecule has 0 spiro atoms. The van der Waals surface area contributed by atoms with E-state index in [-0.39, 0.29) is 23.2 Å². The predicted octanol–water partition coefficient (Wildman–Crippen LogP) is 4.61. The van der Waals surface area contributed by atoms with E-state index in [9.17, 15) is 13.6 Å². The van der Waals surface area contributed by atoms with Crippen molar-refractivity contribution in [2.45, 2.75) is 24.7 Å². The largest absolute Gasteiger partial charge is 0.483 e. The molecule has 0 aliphatic heterocycles. The summed E-state index contributed by atoms with van der Waals surface area (Å²) in [5.74, 6) is -0.157. The van der Waals surface area contributed by atoms with E-state index in [2.05, 4.69) is 22.1 Å². The van der Waals surface area contributed by atoms with Gasteiger partial charge in [0, 0.05) is 6.54 Å². The minimum absolute atomic E-state index is 0.0246. The van der Waals surface area contributed by atoms with Crippen molar-refractivity contribution in [3.05, 3.63) is 78.6 Å². The number of ether oxygens (including phenoxy) is 1. The molecule has 1 heterocycles. The first-order valence-electron chi connectivity index (χ1n) is 9.11. The highest BCUT2D eigenvalue weighted by Gasteiger charge is 2.20. The number of rotatable bonds is 9. The second-order valence-electron chi connectivity index (χ2n) is 6.27. The van der Waals surface area contributed by atoms with Crippen molar-refractivity contribution in [3.63, 3.8) is 0 Å². The number of allylic oxidation sites excluding steroid dienone is 1. The molecule has 0 saturated heterocycles. The lowest BCUT2D eigenvalue weighted by Crippen LogP contribution is -2.16. The smallest absolute Gasteiger partial charge is 0.234 e. The molecule has 1 amide bonds. The van der Waals surface area contributed by atoms with Crippen LogP contribution in [0.1, 0.15) is 18.9 Å². The van der Waals surface area contributed by atoms with Gasteiger partial charge in [-0.25, -0.2) is 8.78 Å². The average molecular weight is 430 g/mol. The minimum Gasteiger partial charge on any atom is -0.483 e. The molecule has 1 N–H and O–H groups in total. The van der Waals surface area contributed by atoms with E-state index in [0.29, 0.717) is 23.3 Å². The first-order chi connectivity index (χ1) is 14.5. The Morgan fingerprint density at radius 1 is 1.23 bits per heavy atom. The van der Waals surface area contributed by atoms with Crippen LogP contribution in [-0.4, -0.2) is 26.4 Å². The third kappa shape index (κ3) is 5.44. The summed E-state index contributed by atoms with van der Waals surface area (Å²) in [6, 6.07) is 11.6. The van der Waals surface area contributed by atoms with Crippen LogP contribution in [0.4, 0.5) is 14.5 Å². The van der Waals surface area contributed by atoms with E-state index in [1.807, 2.05) is 0 Å². The van der Waals surface area contributed by atoms with E-state index in [1.54, 1.807) is 29.7 Å². The molecule has 6 nitrogen and oxygen atoms in total. The number of amides is 1.